The smallest absolute Gasteiger partial charge is 0.332 e. The highest BCUT2D eigenvalue weighted by Crippen LogP contribution is 2.05. The number of nitrogens with zero attached hydrogens (tertiary/aromatic N) is 1. The molecule has 0 fully saturated rings. The number of nitro groups is 1. The second kappa shape index (κ2) is 2.77. The Balaban J connectivity index is 3.47. The first-order valence-corrected chi connectivity index (χ1v) is 3.37. The van der Waals surface area contributed by atoms with Crippen LogP contribution in [0.1, 0.15) is 11.3 Å². The molecule has 5 heteroatoms. The fourth-order valence-electron chi connectivity index (χ4n) is 0.848. The van der Waals surface area contributed by atoms with E-state index in [1.54, 1.807) is 13.8 Å². The van der Waals surface area contributed by atoms with Gasteiger partial charge in [-0.15, -0.1) is 0 Å². The van der Waals surface area contributed by atoms with E-state index < -0.39 is 16.0 Å². The van der Waals surface area contributed by atoms with Crippen LogP contribution in [0.15, 0.2) is 11.0 Å². The minimum Gasteiger partial charge on any atom is -0.359 e. The third-order valence-corrected chi connectivity index (χ3v) is 1.76. The van der Waals surface area contributed by atoms with Crippen LogP contribution in [-0.4, -0.2) is 9.91 Å². The molecule has 0 unspecified atom stereocenters. The monoisotopic (exact) mass is 168 g/mol. The number of aromatic nitrogens is 1. The number of hydrogen-bond acceptors (Lipinski definition) is 3. The van der Waals surface area contributed by atoms with Gasteiger partial charge in [-0.1, -0.05) is 0 Å². The molecule has 0 radical (unpaired) electrons. The average molecular weight is 168 g/mol. The minimum atomic E-state index is -0.689. The minimum absolute atomic E-state index is 0.393. The molecule has 0 atom stereocenters. The van der Waals surface area contributed by atoms with E-state index >= 15 is 0 Å². The lowest BCUT2D eigenvalue weighted by atomic mass is 10.2. The maximum absolute atomic E-state index is 11.2. The van der Waals surface area contributed by atoms with Crippen LogP contribution >= 0.6 is 0 Å². The van der Waals surface area contributed by atoms with Gasteiger partial charge in [0.05, 0.1) is 11.1 Å². The highest BCUT2D eigenvalue weighted by atomic mass is 16.6. The number of aromatic amines is 1. The zero-order valence-electron chi connectivity index (χ0n) is 6.75. The first-order chi connectivity index (χ1) is 5.54. The van der Waals surface area contributed by atoms with Crippen molar-refractivity contribution in [2.24, 2.45) is 0 Å². The summed E-state index contributed by atoms with van der Waals surface area (Å²) in [5.41, 5.74) is 0.129. The molecule has 1 aromatic heterocycles. The van der Waals surface area contributed by atoms with Crippen LogP contribution in [0.2, 0.25) is 0 Å². The molecule has 0 bridgehead atoms. The van der Waals surface area contributed by atoms with Crippen molar-refractivity contribution in [3.63, 3.8) is 0 Å². The lowest BCUT2D eigenvalue weighted by Crippen LogP contribution is -2.13. The summed E-state index contributed by atoms with van der Waals surface area (Å²) in [7, 11) is 0. The molecule has 12 heavy (non-hydrogen) atoms. The molecular formula is C7H8N2O3. The molecule has 0 saturated heterocycles. The Morgan fingerprint density at radius 2 is 2.08 bits per heavy atom. The first kappa shape index (κ1) is 8.45. The Labute approximate surface area is 68.2 Å². The molecule has 5 nitrogen and oxygen atoms in total. The summed E-state index contributed by atoms with van der Waals surface area (Å²) in [5, 5.41) is 10.3. The van der Waals surface area contributed by atoms with E-state index in [1.807, 2.05) is 0 Å². The summed E-state index contributed by atoms with van der Waals surface area (Å²) in [6.45, 7) is 3.25. The van der Waals surface area contributed by atoms with Gasteiger partial charge in [-0.25, -0.2) is 0 Å². The molecule has 0 aromatic carbocycles. The summed E-state index contributed by atoms with van der Waals surface area (Å²) < 4.78 is 0. The standard InChI is InChI=1S/C7H8N2O3/c1-4-5(2)8-3-6(7(4)10)9(11)12/h3H,1-2H3,(H,8,10). The highest BCUT2D eigenvalue weighted by molar-refractivity contribution is 5.32. The van der Waals surface area contributed by atoms with E-state index in [9.17, 15) is 14.9 Å². The zero-order chi connectivity index (χ0) is 9.30. The number of H-pyrrole nitrogens is 1. The molecule has 0 aliphatic carbocycles. The van der Waals surface area contributed by atoms with Gasteiger partial charge < -0.3 is 4.98 Å². The molecule has 1 rings (SSSR count). The number of pyridine rings is 1. The first-order valence-electron chi connectivity index (χ1n) is 3.37. The molecule has 1 N–H and O–H groups in total. The van der Waals surface area contributed by atoms with Crippen LogP contribution in [0.25, 0.3) is 0 Å². The molecule has 0 amide bonds. The fourth-order valence-corrected chi connectivity index (χ4v) is 0.848. The molecule has 0 spiro atoms. The summed E-state index contributed by atoms with van der Waals surface area (Å²) >= 11 is 0. The normalized spacial score (nSPS) is 9.83. The van der Waals surface area contributed by atoms with Crippen molar-refractivity contribution in [1.29, 1.82) is 0 Å². The average Bonchev–Trinajstić information content (AvgIpc) is 2.00. The third-order valence-electron chi connectivity index (χ3n) is 1.76. The van der Waals surface area contributed by atoms with E-state index in [4.69, 9.17) is 0 Å². The second-order valence-electron chi connectivity index (χ2n) is 2.51. The lowest BCUT2D eigenvalue weighted by Gasteiger charge is -1.97. The molecule has 0 saturated carbocycles. The predicted octanol–water partition coefficient (Wildman–Crippen LogP) is 0.900. The van der Waals surface area contributed by atoms with E-state index in [0.29, 0.717) is 11.3 Å². The molecule has 0 aliphatic rings. The Morgan fingerprint density at radius 1 is 1.50 bits per heavy atom. The third kappa shape index (κ3) is 1.20. The largest absolute Gasteiger partial charge is 0.359 e. The van der Waals surface area contributed by atoms with Crippen molar-refractivity contribution in [1.82, 2.24) is 4.98 Å². The lowest BCUT2D eigenvalue weighted by molar-refractivity contribution is -0.386. The van der Waals surface area contributed by atoms with Crippen LogP contribution in [0, 0.1) is 24.0 Å². The van der Waals surface area contributed by atoms with E-state index in [0.717, 1.165) is 6.20 Å². The van der Waals surface area contributed by atoms with E-state index in [2.05, 4.69) is 4.98 Å². The quantitative estimate of drug-likeness (QED) is 0.500. The zero-order valence-corrected chi connectivity index (χ0v) is 6.75. The van der Waals surface area contributed by atoms with E-state index in [-0.39, 0.29) is 0 Å². The molecule has 64 valence electrons. The Bertz CT molecular complexity index is 381. The number of aryl methyl sites for hydroxylation is 1. The topological polar surface area (TPSA) is 76.0 Å². The van der Waals surface area contributed by atoms with Gasteiger partial charge in [0.25, 0.3) is 5.43 Å². The van der Waals surface area contributed by atoms with Crippen molar-refractivity contribution >= 4 is 5.69 Å². The summed E-state index contributed by atoms with van der Waals surface area (Å²) in [5.74, 6) is 0. The summed E-state index contributed by atoms with van der Waals surface area (Å²) in [6.07, 6.45) is 1.12. The maximum atomic E-state index is 11.2. The van der Waals surface area contributed by atoms with Gasteiger partial charge >= 0.3 is 5.69 Å². The molecule has 0 aliphatic heterocycles. The van der Waals surface area contributed by atoms with Gasteiger partial charge in [-0.05, 0) is 13.8 Å². The van der Waals surface area contributed by atoms with Gasteiger partial charge in [0.1, 0.15) is 0 Å². The number of hydrogen-bond donors (Lipinski definition) is 1. The fraction of sp³-hybridized carbons (Fsp3) is 0.286. The summed E-state index contributed by atoms with van der Waals surface area (Å²) in [4.78, 5) is 23.4. The Morgan fingerprint density at radius 3 is 2.58 bits per heavy atom. The Kier molecular flexibility index (Phi) is 1.95. The van der Waals surface area contributed by atoms with E-state index in [1.165, 1.54) is 0 Å². The van der Waals surface area contributed by atoms with Crippen LogP contribution < -0.4 is 5.43 Å². The number of nitrogens with one attached hydrogen (secondary N) is 1. The molecule has 1 heterocycles. The maximum Gasteiger partial charge on any atom is 0.332 e. The predicted molar refractivity (Wildman–Crippen MR) is 43.2 cm³/mol. The van der Waals surface area contributed by atoms with Crippen molar-refractivity contribution in [2.45, 2.75) is 13.8 Å². The van der Waals surface area contributed by atoms with Crippen molar-refractivity contribution in [3.8, 4) is 0 Å². The summed E-state index contributed by atoms with van der Waals surface area (Å²) in [6, 6.07) is 0. The Hall–Kier alpha value is -1.65. The molecule has 1 aromatic rings. The van der Waals surface area contributed by atoms with Gasteiger partial charge in [0.2, 0.25) is 0 Å². The van der Waals surface area contributed by atoms with Crippen LogP contribution in [0.5, 0.6) is 0 Å². The van der Waals surface area contributed by atoms with Crippen molar-refractivity contribution in [3.05, 3.63) is 37.8 Å². The second-order valence-corrected chi connectivity index (χ2v) is 2.51. The highest BCUT2D eigenvalue weighted by Gasteiger charge is 2.13. The van der Waals surface area contributed by atoms with Crippen molar-refractivity contribution in [2.75, 3.05) is 0 Å². The SMILES string of the molecule is Cc1[nH]cc([N+](=O)[O-])c(=O)c1C. The van der Waals surface area contributed by atoms with Gasteiger partial charge in [-0.3, -0.25) is 14.9 Å². The van der Waals surface area contributed by atoms with Gasteiger partial charge in [0.15, 0.2) is 0 Å². The van der Waals surface area contributed by atoms with Crippen LogP contribution in [-0.2, 0) is 0 Å². The molecular weight excluding hydrogens is 160 g/mol. The van der Waals surface area contributed by atoms with Gasteiger partial charge in [-0.2, -0.15) is 0 Å². The van der Waals surface area contributed by atoms with Crippen LogP contribution in [0.4, 0.5) is 5.69 Å². The number of rotatable bonds is 1. The van der Waals surface area contributed by atoms with Gasteiger partial charge in [0, 0.05) is 11.3 Å². The van der Waals surface area contributed by atoms with Crippen LogP contribution in [0.3, 0.4) is 0 Å². The van der Waals surface area contributed by atoms with Crippen molar-refractivity contribution < 1.29 is 4.92 Å².